The van der Waals surface area contributed by atoms with Crippen LogP contribution < -0.4 is 11.4 Å². The van der Waals surface area contributed by atoms with Gasteiger partial charge < -0.3 is 4.52 Å². The van der Waals surface area contributed by atoms with E-state index in [-0.39, 0.29) is 5.65 Å². The standard InChI is InChI=1S/C5H3N3O3/c9-4-6-3-1-2-11-8(3)5(10)7-4/h1-2H,(H,7,9,10). The molecule has 2 aromatic heterocycles. The fourth-order valence-corrected chi connectivity index (χ4v) is 0.783. The van der Waals surface area contributed by atoms with Crippen molar-refractivity contribution < 1.29 is 4.52 Å². The lowest BCUT2D eigenvalue weighted by atomic mass is 10.7. The van der Waals surface area contributed by atoms with Crippen molar-refractivity contribution in [1.82, 2.24) is 14.5 Å². The number of nitrogens with zero attached hydrogens (tertiary/aromatic N) is 2. The highest BCUT2D eigenvalue weighted by Crippen LogP contribution is 1.90. The van der Waals surface area contributed by atoms with Crippen LogP contribution in [0.25, 0.3) is 5.65 Å². The quantitative estimate of drug-likeness (QED) is 0.525. The van der Waals surface area contributed by atoms with Crippen LogP contribution in [0.5, 0.6) is 0 Å². The Morgan fingerprint density at radius 1 is 1.55 bits per heavy atom. The third kappa shape index (κ3) is 0.759. The SMILES string of the molecule is O=c1nc2ccon2c(=O)[nH]1. The van der Waals surface area contributed by atoms with E-state index in [2.05, 4.69) is 9.51 Å². The van der Waals surface area contributed by atoms with Crippen LogP contribution in [0.2, 0.25) is 0 Å². The summed E-state index contributed by atoms with van der Waals surface area (Å²) in [6.45, 7) is 0. The second-order valence-corrected chi connectivity index (χ2v) is 1.91. The number of fused-ring (bicyclic) bond motifs is 1. The molecule has 2 heterocycles. The molecule has 0 radical (unpaired) electrons. The summed E-state index contributed by atoms with van der Waals surface area (Å²) in [7, 11) is 0. The zero-order valence-electron chi connectivity index (χ0n) is 5.27. The van der Waals surface area contributed by atoms with Crippen molar-refractivity contribution in [3.63, 3.8) is 0 Å². The maximum atomic E-state index is 10.8. The molecular weight excluding hydrogens is 150 g/mol. The molecule has 0 amide bonds. The third-order valence-electron chi connectivity index (χ3n) is 1.21. The smallest absolute Gasteiger partial charge is 0.365 e. The molecular formula is C5H3N3O3. The lowest BCUT2D eigenvalue weighted by Gasteiger charge is -1.84. The van der Waals surface area contributed by atoms with Gasteiger partial charge in [0.15, 0.2) is 5.65 Å². The van der Waals surface area contributed by atoms with Crippen LogP contribution in [0.15, 0.2) is 26.4 Å². The van der Waals surface area contributed by atoms with Crippen molar-refractivity contribution >= 4 is 5.65 Å². The fraction of sp³-hybridized carbons (Fsp3) is 0. The Bertz CT molecular complexity index is 491. The number of rotatable bonds is 0. The van der Waals surface area contributed by atoms with Crippen molar-refractivity contribution in [2.24, 2.45) is 0 Å². The van der Waals surface area contributed by atoms with Crippen LogP contribution in [-0.4, -0.2) is 14.5 Å². The molecule has 0 aliphatic carbocycles. The predicted molar refractivity (Wildman–Crippen MR) is 34.3 cm³/mol. The summed E-state index contributed by atoms with van der Waals surface area (Å²) in [4.78, 5) is 26.8. The average Bonchev–Trinajstić information content (AvgIpc) is 2.34. The highest BCUT2D eigenvalue weighted by molar-refractivity contribution is 5.31. The number of hydrogen-bond donors (Lipinski definition) is 1. The molecule has 0 fully saturated rings. The monoisotopic (exact) mass is 153 g/mol. The first-order valence-electron chi connectivity index (χ1n) is 2.84. The highest BCUT2D eigenvalue weighted by atomic mass is 16.5. The topological polar surface area (TPSA) is 80.4 Å². The van der Waals surface area contributed by atoms with Gasteiger partial charge >= 0.3 is 11.4 Å². The van der Waals surface area contributed by atoms with Gasteiger partial charge in [-0.25, -0.2) is 9.59 Å². The molecule has 0 spiro atoms. The van der Waals surface area contributed by atoms with E-state index < -0.39 is 11.4 Å². The van der Waals surface area contributed by atoms with E-state index in [1.54, 1.807) is 0 Å². The van der Waals surface area contributed by atoms with Gasteiger partial charge in [0.25, 0.3) is 0 Å². The van der Waals surface area contributed by atoms with Gasteiger partial charge in [-0.3, -0.25) is 4.98 Å². The highest BCUT2D eigenvalue weighted by Gasteiger charge is 1.99. The maximum Gasteiger partial charge on any atom is 0.365 e. The summed E-state index contributed by atoms with van der Waals surface area (Å²) < 4.78 is 5.57. The predicted octanol–water partition coefficient (Wildman–Crippen LogP) is -1.02. The lowest BCUT2D eigenvalue weighted by molar-refractivity contribution is 0.356. The van der Waals surface area contributed by atoms with E-state index in [0.717, 1.165) is 4.57 Å². The largest absolute Gasteiger partial charge is 0.377 e. The van der Waals surface area contributed by atoms with Gasteiger partial charge in [0.1, 0.15) is 6.26 Å². The van der Waals surface area contributed by atoms with Crippen LogP contribution in [0.3, 0.4) is 0 Å². The molecule has 11 heavy (non-hydrogen) atoms. The molecule has 0 unspecified atom stereocenters. The second kappa shape index (κ2) is 1.82. The Hall–Kier alpha value is -1.85. The summed E-state index contributed by atoms with van der Waals surface area (Å²) in [5, 5.41) is 0. The number of nitrogens with one attached hydrogen (secondary N) is 1. The zero-order chi connectivity index (χ0) is 7.84. The van der Waals surface area contributed by atoms with E-state index in [9.17, 15) is 9.59 Å². The number of aromatic nitrogens is 3. The molecule has 6 heteroatoms. The van der Waals surface area contributed by atoms with Gasteiger partial charge in [0.05, 0.1) is 0 Å². The fourth-order valence-electron chi connectivity index (χ4n) is 0.783. The maximum absolute atomic E-state index is 10.8. The van der Waals surface area contributed by atoms with Crippen LogP contribution in [0.4, 0.5) is 0 Å². The molecule has 0 aliphatic heterocycles. The Kier molecular flexibility index (Phi) is 0.974. The molecule has 1 N–H and O–H groups in total. The molecule has 56 valence electrons. The first-order valence-corrected chi connectivity index (χ1v) is 2.84. The molecule has 0 aromatic carbocycles. The second-order valence-electron chi connectivity index (χ2n) is 1.91. The van der Waals surface area contributed by atoms with E-state index >= 15 is 0 Å². The van der Waals surface area contributed by atoms with Crippen molar-refractivity contribution in [2.75, 3.05) is 0 Å². The first-order chi connectivity index (χ1) is 5.27. The summed E-state index contributed by atoms with van der Waals surface area (Å²) in [5.41, 5.74) is -1.08. The minimum atomic E-state index is -0.670. The molecule has 2 rings (SSSR count). The normalized spacial score (nSPS) is 10.5. The van der Waals surface area contributed by atoms with Gasteiger partial charge in [-0.2, -0.15) is 4.98 Å². The van der Waals surface area contributed by atoms with Gasteiger partial charge in [0.2, 0.25) is 0 Å². The molecule has 0 bridgehead atoms. The summed E-state index contributed by atoms with van der Waals surface area (Å²) in [6.07, 6.45) is 1.27. The van der Waals surface area contributed by atoms with Crippen molar-refractivity contribution in [2.45, 2.75) is 0 Å². The molecule has 0 atom stereocenters. The van der Waals surface area contributed by atoms with E-state index in [1.165, 1.54) is 12.3 Å². The van der Waals surface area contributed by atoms with Gasteiger partial charge in [-0.15, -0.1) is 4.57 Å². The van der Waals surface area contributed by atoms with E-state index in [0.29, 0.717) is 0 Å². The Balaban J connectivity index is 3.15. The molecule has 0 aliphatic rings. The third-order valence-corrected chi connectivity index (χ3v) is 1.21. The average molecular weight is 153 g/mol. The van der Waals surface area contributed by atoms with Crippen LogP contribution >= 0.6 is 0 Å². The molecule has 6 nitrogen and oxygen atoms in total. The first kappa shape index (κ1) is 5.90. The Morgan fingerprint density at radius 3 is 3.18 bits per heavy atom. The van der Waals surface area contributed by atoms with Crippen LogP contribution in [0.1, 0.15) is 0 Å². The summed E-state index contributed by atoms with van der Waals surface area (Å²) in [5.74, 6) is 0. The Morgan fingerprint density at radius 2 is 2.36 bits per heavy atom. The Labute approximate surface area is 59.1 Å². The van der Waals surface area contributed by atoms with Gasteiger partial charge in [-0.1, -0.05) is 0 Å². The minimum Gasteiger partial charge on any atom is -0.377 e. The van der Waals surface area contributed by atoms with Crippen LogP contribution in [-0.2, 0) is 0 Å². The van der Waals surface area contributed by atoms with Gasteiger partial charge in [0, 0.05) is 6.07 Å². The van der Waals surface area contributed by atoms with E-state index in [4.69, 9.17) is 0 Å². The molecule has 2 aromatic rings. The number of aromatic amines is 1. The van der Waals surface area contributed by atoms with E-state index in [1.807, 2.05) is 4.98 Å². The van der Waals surface area contributed by atoms with Crippen molar-refractivity contribution in [3.8, 4) is 0 Å². The molecule has 0 saturated heterocycles. The number of hydrogen-bond acceptors (Lipinski definition) is 4. The minimum absolute atomic E-state index is 0.207. The lowest BCUT2D eigenvalue weighted by Crippen LogP contribution is -2.26. The van der Waals surface area contributed by atoms with Crippen LogP contribution in [0, 0.1) is 0 Å². The van der Waals surface area contributed by atoms with Crippen molar-refractivity contribution in [1.29, 1.82) is 0 Å². The van der Waals surface area contributed by atoms with Crippen molar-refractivity contribution in [3.05, 3.63) is 33.3 Å². The summed E-state index contributed by atoms with van der Waals surface area (Å²) in [6, 6.07) is 1.43. The van der Waals surface area contributed by atoms with Gasteiger partial charge in [-0.05, 0) is 0 Å². The number of H-pyrrole nitrogens is 1. The molecule has 0 saturated carbocycles. The summed E-state index contributed by atoms with van der Waals surface area (Å²) >= 11 is 0. The zero-order valence-corrected chi connectivity index (χ0v) is 5.27.